The maximum atomic E-state index is 12.2. The summed E-state index contributed by atoms with van der Waals surface area (Å²) in [6.45, 7) is 6.76. The first kappa shape index (κ1) is 15.3. The molecule has 110 valence electrons. The summed E-state index contributed by atoms with van der Waals surface area (Å²) in [6.07, 6.45) is 2.45. The minimum atomic E-state index is -0.0692. The Balaban J connectivity index is 1.86. The Kier molecular flexibility index (Phi) is 5.44. The highest BCUT2D eigenvalue weighted by atomic mass is 35.5. The van der Waals surface area contributed by atoms with Gasteiger partial charge in [-0.1, -0.05) is 36.7 Å². The molecule has 3 nitrogen and oxygen atoms in total. The number of piperidine rings is 1. The van der Waals surface area contributed by atoms with Crippen LogP contribution in [-0.2, 0) is 11.3 Å². The molecular weight excluding hydrogens is 272 g/mol. The second-order valence-corrected chi connectivity index (χ2v) is 6.13. The number of amides is 1. The minimum absolute atomic E-state index is 0.0692. The minimum Gasteiger partial charge on any atom is -0.351 e. The van der Waals surface area contributed by atoms with Gasteiger partial charge in [0.15, 0.2) is 0 Å². The summed E-state index contributed by atoms with van der Waals surface area (Å²) in [4.78, 5) is 14.5. The summed E-state index contributed by atoms with van der Waals surface area (Å²) in [5, 5.41) is 3.69. The van der Waals surface area contributed by atoms with Gasteiger partial charge in [0.2, 0.25) is 5.91 Å². The first-order chi connectivity index (χ1) is 9.58. The van der Waals surface area contributed by atoms with Crippen molar-refractivity contribution >= 4 is 17.5 Å². The van der Waals surface area contributed by atoms with Crippen molar-refractivity contribution in [3.63, 3.8) is 0 Å². The van der Waals surface area contributed by atoms with Crippen LogP contribution in [0.15, 0.2) is 24.3 Å². The van der Waals surface area contributed by atoms with Gasteiger partial charge in [0.25, 0.3) is 0 Å². The van der Waals surface area contributed by atoms with Crippen molar-refractivity contribution in [2.45, 2.75) is 39.3 Å². The van der Waals surface area contributed by atoms with Crippen LogP contribution in [0.4, 0.5) is 0 Å². The number of halogens is 1. The summed E-state index contributed by atoms with van der Waals surface area (Å²) in [6, 6.07) is 7.55. The molecular formula is C16H23ClN2O. The predicted molar refractivity (Wildman–Crippen MR) is 82.7 cm³/mol. The molecule has 2 rings (SSSR count). The maximum absolute atomic E-state index is 12.2. The Morgan fingerprint density at radius 3 is 2.95 bits per heavy atom. The topological polar surface area (TPSA) is 32.3 Å². The smallest absolute Gasteiger partial charge is 0.237 e. The van der Waals surface area contributed by atoms with E-state index in [2.05, 4.69) is 17.1 Å². The average molecular weight is 295 g/mol. The summed E-state index contributed by atoms with van der Waals surface area (Å²) in [7, 11) is 0. The quantitative estimate of drug-likeness (QED) is 0.925. The summed E-state index contributed by atoms with van der Waals surface area (Å²) < 4.78 is 0. The third kappa shape index (κ3) is 3.97. The van der Waals surface area contributed by atoms with Gasteiger partial charge in [0.05, 0.1) is 6.04 Å². The first-order valence-electron chi connectivity index (χ1n) is 7.33. The van der Waals surface area contributed by atoms with Crippen LogP contribution in [0, 0.1) is 5.92 Å². The molecule has 1 aliphatic rings. The molecule has 0 saturated carbocycles. The molecule has 0 radical (unpaired) electrons. The van der Waals surface area contributed by atoms with Crippen molar-refractivity contribution in [3.05, 3.63) is 34.9 Å². The van der Waals surface area contributed by atoms with Gasteiger partial charge in [-0.3, -0.25) is 9.69 Å². The van der Waals surface area contributed by atoms with E-state index in [9.17, 15) is 4.79 Å². The van der Waals surface area contributed by atoms with Gasteiger partial charge in [0, 0.05) is 18.1 Å². The molecule has 1 N–H and O–H groups in total. The van der Waals surface area contributed by atoms with Crippen LogP contribution in [-0.4, -0.2) is 29.9 Å². The van der Waals surface area contributed by atoms with Crippen molar-refractivity contribution in [1.82, 2.24) is 10.2 Å². The van der Waals surface area contributed by atoms with Crippen molar-refractivity contribution in [2.24, 2.45) is 5.92 Å². The summed E-state index contributed by atoms with van der Waals surface area (Å²) in [5.41, 5.74) is 0.960. The Labute approximate surface area is 126 Å². The summed E-state index contributed by atoms with van der Waals surface area (Å²) >= 11 is 6.09. The lowest BCUT2D eigenvalue weighted by Crippen LogP contribution is -2.48. The first-order valence-corrected chi connectivity index (χ1v) is 7.71. The van der Waals surface area contributed by atoms with Gasteiger partial charge >= 0.3 is 0 Å². The fraction of sp³-hybridized carbons (Fsp3) is 0.562. The van der Waals surface area contributed by atoms with Crippen LogP contribution in [0.1, 0.15) is 32.3 Å². The SMILES string of the molecule is C[C@H]1CCCN([C@@H](C)C(=O)NCc2ccccc2Cl)C1. The molecule has 4 heteroatoms. The van der Waals surface area contributed by atoms with Crippen LogP contribution in [0.3, 0.4) is 0 Å². The molecule has 1 aromatic carbocycles. The number of hydrogen-bond acceptors (Lipinski definition) is 2. The van der Waals surface area contributed by atoms with E-state index in [0.717, 1.165) is 18.7 Å². The van der Waals surface area contributed by atoms with Crippen LogP contribution in [0.5, 0.6) is 0 Å². The van der Waals surface area contributed by atoms with Crippen LogP contribution in [0.2, 0.25) is 5.02 Å². The van der Waals surface area contributed by atoms with E-state index >= 15 is 0 Å². The van der Waals surface area contributed by atoms with Gasteiger partial charge in [-0.05, 0) is 43.9 Å². The van der Waals surface area contributed by atoms with Gasteiger partial charge < -0.3 is 5.32 Å². The van der Waals surface area contributed by atoms with Gasteiger partial charge in [-0.25, -0.2) is 0 Å². The highest BCUT2D eigenvalue weighted by Crippen LogP contribution is 2.18. The lowest BCUT2D eigenvalue weighted by molar-refractivity contribution is -0.126. The molecule has 2 atom stereocenters. The van der Waals surface area contributed by atoms with Gasteiger partial charge in [-0.15, -0.1) is 0 Å². The van der Waals surface area contributed by atoms with E-state index in [1.807, 2.05) is 31.2 Å². The average Bonchev–Trinajstić information content (AvgIpc) is 2.45. The standard InChI is InChI=1S/C16H23ClN2O/c1-12-6-5-9-19(11-12)13(2)16(20)18-10-14-7-3-4-8-15(14)17/h3-4,7-8,12-13H,5-6,9-11H2,1-2H3,(H,18,20)/t12-,13-/m0/s1. The van der Waals surface area contributed by atoms with E-state index in [1.54, 1.807) is 0 Å². The number of carbonyl (C=O) groups excluding carboxylic acids is 1. The third-order valence-corrected chi connectivity index (χ3v) is 4.40. The van der Waals surface area contributed by atoms with E-state index in [4.69, 9.17) is 11.6 Å². The summed E-state index contributed by atoms with van der Waals surface area (Å²) in [5.74, 6) is 0.765. The molecule has 1 saturated heterocycles. The molecule has 0 unspecified atom stereocenters. The largest absolute Gasteiger partial charge is 0.351 e. The number of hydrogen-bond donors (Lipinski definition) is 1. The van der Waals surface area contributed by atoms with Crippen LogP contribution < -0.4 is 5.32 Å². The number of likely N-dealkylation sites (tertiary alicyclic amines) is 1. The van der Waals surface area contributed by atoms with Crippen molar-refractivity contribution in [2.75, 3.05) is 13.1 Å². The molecule has 1 heterocycles. The molecule has 1 aromatic rings. The number of nitrogens with one attached hydrogen (secondary N) is 1. The van der Waals surface area contributed by atoms with Crippen LogP contribution >= 0.6 is 11.6 Å². The number of nitrogens with zero attached hydrogens (tertiary/aromatic N) is 1. The lowest BCUT2D eigenvalue weighted by atomic mass is 9.99. The molecule has 0 aromatic heterocycles. The fourth-order valence-corrected chi connectivity index (χ4v) is 2.92. The van der Waals surface area contributed by atoms with E-state index in [1.165, 1.54) is 12.8 Å². The van der Waals surface area contributed by atoms with Gasteiger partial charge in [0.1, 0.15) is 0 Å². The third-order valence-electron chi connectivity index (χ3n) is 4.03. The second kappa shape index (κ2) is 7.09. The predicted octanol–water partition coefficient (Wildman–Crippen LogP) is 3.08. The second-order valence-electron chi connectivity index (χ2n) is 5.73. The normalized spacial score (nSPS) is 21.4. The van der Waals surface area contributed by atoms with Crippen molar-refractivity contribution < 1.29 is 4.79 Å². The zero-order valence-electron chi connectivity index (χ0n) is 12.2. The van der Waals surface area contributed by atoms with Crippen molar-refractivity contribution in [1.29, 1.82) is 0 Å². The zero-order chi connectivity index (χ0) is 14.5. The van der Waals surface area contributed by atoms with Crippen LogP contribution in [0.25, 0.3) is 0 Å². The highest BCUT2D eigenvalue weighted by molar-refractivity contribution is 6.31. The number of benzene rings is 1. The molecule has 0 bridgehead atoms. The maximum Gasteiger partial charge on any atom is 0.237 e. The molecule has 1 amide bonds. The number of rotatable bonds is 4. The molecule has 0 aliphatic carbocycles. The Bertz CT molecular complexity index is 464. The zero-order valence-corrected chi connectivity index (χ0v) is 13.0. The fourth-order valence-electron chi connectivity index (χ4n) is 2.72. The highest BCUT2D eigenvalue weighted by Gasteiger charge is 2.25. The molecule has 0 spiro atoms. The monoisotopic (exact) mass is 294 g/mol. The number of carbonyl (C=O) groups is 1. The Morgan fingerprint density at radius 2 is 2.25 bits per heavy atom. The van der Waals surface area contributed by atoms with E-state index in [0.29, 0.717) is 17.5 Å². The van der Waals surface area contributed by atoms with Crippen molar-refractivity contribution in [3.8, 4) is 0 Å². The lowest BCUT2D eigenvalue weighted by Gasteiger charge is -2.34. The van der Waals surface area contributed by atoms with E-state index in [-0.39, 0.29) is 11.9 Å². The Hall–Kier alpha value is -1.06. The molecule has 1 fully saturated rings. The molecule has 20 heavy (non-hydrogen) atoms. The van der Waals surface area contributed by atoms with Gasteiger partial charge in [-0.2, -0.15) is 0 Å². The Morgan fingerprint density at radius 1 is 1.50 bits per heavy atom. The van der Waals surface area contributed by atoms with E-state index < -0.39 is 0 Å². The molecule has 1 aliphatic heterocycles.